The molecule has 0 amide bonds. The van der Waals surface area contributed by atoms with Gasteiger partial charge in [0, 0.05) is 30.5 Å². The van der Waals surface area contributed by atoms with Gasteiger partial charge in [-0.3, -0.25) is 4.72 Å². The van der Waals surface area contributed by atoms with Gasteiger partial charge in [-0.25, -0.2) is 8.42 Å². The molecule has 134 valence electrons. The van der Waals surface area contributed by atoms with Crippen LogP contribution in [0, 0.1) is 0 Å². The molecule has 4 nitrogen and oxygen atoms in total. The van der Waals surface area contributed by atoms with Gasteiger partial charge in [0.2, 0.25) is 0 Å². The first kappa shape index (κ1) is 18.3. The SMILES string of the molecule is CN(C)c1ccc(NS(=O)(=O)c2ccc(-c3ccc(Cl)cc3)cc2)cc1. The Balaban J connectivity index is 1.79. The third kappa shape index (κ3) is 4.18. The van der Waals surface area contributed by atoms with Crippen molar-refractivity contribution in [2.45, 2.75) is 4.90 Å². The molecule has 0 aliphatic rings. The van der Waals surface area contributed by atoms with Crippen LogP contribution < -0.4 is 9.62 Å². The lowest BCUT2D eigenvalue weighted by Crippen LogP contribution is -2.13. The zero-order chi connectivity index (χ0) is 18.7. The molecule has 6 heteroatoms. The lowest BCUT2D eigenvalue weighted by molar-refractivity contribution is 0.601. The van der Waals surface area contributed by atoms with Crippen molar-refractivity contribution in [3.8, 4) is 11.1 Å². The Kier molecular flexibility index (Phi) is 5.20. The number of benzene rings is 3. The summed E-state index contributed by atoms with van der Waals surface area (Å²) in [6.07, 6.45) is 0. The molecule has 3 aromatic rings. The van der Waals surface area contributed by atoms with E-state index < -0.39 is 10.0 Å². The molecular weight excluding hydrogens is 368 g/mol. The normalized spacial score (nSPS) is 11.2. The van der Waals surface area contributed by atoms with Gasteiger partial charge in [0.05, 0.1) is 4.90 Å². The molecule has 0 fully saturated rings. The van der Waals surface area contributed by atoms with E-state index >= 15 is 0 Å². The van der Waals surface area contributed by atoms with Gasteiger partial charge in [-0.15, -0.1) is 0 Å². The van der Waals surface area contributed by atoms with Crippen molar-refractivity contribution in [2.24, 2.45) is 0 Å². The van der Waals surface area contributed by atoms with Crippen molar-refractivity contribution >= 4 is 33.0 Å². The quantitative estimate of drug-likeness (QED) is 0.680. The third-order valence-electron chi connectivity index (χ3n) is 3.98. The summed E-state index contributed by atoms with van der Waals surface area (Å²) >= 11 is 5.90. The predicted molar refractivity (Wildman–Crippen MR) is 108 cm³/mol. The smallest absolute Gasteiger partial charge is 0.261 e. The summed E-state index contributed by atoms with van der Waals surface area (Å²) in [4.78, 5) is 2.17. The second kappa shape index (κ2) is 7.40. The molecule has 0 unspecified atom stereocenters. The number of halogens is 1. The van der Waals surface area contributed by atoms with Crippen molar-refractivity contribution in [3.05, 3.63) is 77.8 Å². The summed E-state index contributed by atoms with van der Waals surface area (Å²) in [6, 6.07) is 21.4. The molecule has 3 rings (SSSR count). The van der Waals surface area contributed by atoms with E-state index in [1.807, 2.05) is 43.3 Å². The van der Waals surface area contributed by atoms with Crippen molar-refractivity contribution in [3.63, 3.8) is 0 Å². The highest BCUT2D eigenvalue weighted by Gasteiger charge is 2.14. The Hall–Kier alpha value is -2.50. The van der Waals surface area contributed by atoms with Crippen molar-refractivity contribution in [1.82, 2.24) is 0 Å². The minimum atomic E-state index is -3.64. The summed E-state index contributed by atoms with van der Waals surface area (Å²) in [5, 5.41) is 0.664. The molecule has 0 saturated carbocycles. The standard InChI is InChI=1S/C20H19ClN2O2S/c1-23(2)19-11-9-18(10-12-19)22-26(24,25)20-13-5-16(6-14-20)15-3-7-17(21)8-4-15/h3-14,22H,1-2H3. The van der Waals surface area contributed by atoms with E-state index in [1.54, 1.807) is 48.5 Å². The van der Waals surface area contributed by atoms with Gasteiger partial charge in [-0.1, -0.05) is 35.9 Å². The minimum Gasteiger partial charge on any atom is -0.378 e. The number of nitrogens with one attached hydrogen (secondary N) is 1. The molecule has 0 heterocycles. The summed E-state index contributed by atoms with van der Waals surface area (Å²) in [5.41, 5.74) is 3.43. The summed E-state index contributed by atoms with van der Waals surface area (Å²) in [5.74, 6) is 0. The first-order valence-electron chi connectivity index (χ1n) is 8.01. The second-order valence-corrected chi connectivity index (χ2v) is 8.20. The van der Waals surface area contributed by atoms with Crippen molar-refractivity contribution in [1.29, 1.82) is 0 Å². The Bertz CT molecular complexity index is 981. The van der Waals surface area contributed by atoms with Gasteiger partial charge >= 0.3 is 0 Å². The van der Waals surface area contributed by atoms with Crippen LogP contribution in [0.15, 0.2) is 77.7 Å². The van der Waals surface area contributed by atoms with E-state index in [9.17, 15) is 8.42 Å². The molecule has 26 heavy (non-hydrogen) atoms. The average molecular weight is 387 g/mol. The van der Waals surface area contributed by atoms with E-state index in [0.29, 0.717) is 10.7 Å². The van der Waals surface area contributed by atoms with Gasteiger partial charge in [-0.2, -0.15) is 0 Å². The zero-order valence-electron chi connectivity index (χ0n) is 14.5. The summed E-state index contributed by atoms with van der Waals surface area (Å²) < 4.78 is 27.8. The maximum Gasteiger partial charge on any atom is 0.261 e. The lowest BCUT2D eigenvalue weighted by Gasteiger charge is -2.13. The Labute approximate surface area is 159 Å². The van der Waals surface area contributed by atoms with Crippen LogP contribution in [-0.2, 0) is 10.0 Å². The van der Waals surface area contributed by atoms with E-state index in [2.05, 4.69) is 4.72 Å². The molecule has 0 bridgehead atoms. The minimum absolute atomic E-state index is 0.215. The molecule has 0 spiro atoms. The topological polar surface area (TPSA) is 49.4 Å². The van der Waals surface area contributed by atoms with Crippen LogP contribution in [0.2, 0.25) is 5.02 Å². The number of sulfonamides is 1. The Morgan fingerprint density at radius 1 is 0.769 bits per heavy atom. The van der Waals surface area contributed by atoms with Crippen LogP contribution in [-0.4, -0.2) is 22.5 Å². The van der Waals surface area contributed by atoms with Gasteiger partial charge in [0.1, 0.15) is 0 Å². The monoisotopic (exact) mass is 386 g/mol. The number of hydrogen-bond acceptors (Lipinski definition) is 3. The molecule has 0 atom stereocenters. The van der Waals surface area contributed by atoms with E-state index in [4.69, 9.17) is 11.6 Å². The number of hydrogen-bond donors (Lipinski definition) is 1. The largest absolute Gasteiger partial charge is 0.378 e. The van der Waals surface area contributed by atoms with Crippen LogP contribution in [0.3, 0.4) is 0 Å². The molecule has 0 aliphatic heterocycles. The first-order valence-corrected chi connectivity index (χ1v) is 9.87. The maximum atomic E-state index is 12.6. The lowest BCUT2D eigenvalue weighted by atomic mass is 10.1. The van der Waals surface area contributed by atoms with Crippen LogP contribution in [0.4, 0.5) is 11.4 Å². The van der Waals surface area contributed by atoms with E-state index in [0.717, 1.165) is 16.8 Å². The molecular formula is C20H19ClN2O2S. The molecule has 3 aromatic carbocycles. The molecule has 0 radical (unpaired) electrons. The highest BCUT2D eigenvalue weighted by atomic mass is 35.5. The highest BCUT2D eigenvalue weighted by Crippen LogP contribution is 2.24. The molecule has 0 saturated heterocycles. The molecule has 0 aliphatic carbocycles. The van der Waals surface area contributed by atoms with Crippen LogP contribution in [0.1, 0.15) is 0 Å². The predicted octanol–water partition coefficient (Wildman–Crippen LogP) is 4.87. The van der Waals surface area contributed by atoms with Crippen molar-refractivity contribution in [2.75, 3.05) is 23.7 Å². The maximum absolute atomic E-state index is 12.6. The molecule has 1 N–H and O–H groups in total. The van der Waals surface area contributed by atoms with Gasteiger partial charge in [0.25, 0.3) is 10.0 Å². The molecule has 0 aromatic heterocycles. The first-order chi connectivity index (χ1) is 12.3. The fourth-order valence-corrected chi connectivity index (χ4v) is 3.70. The zero-order valence-corrected chi connectivity index (χ0v) is 16.1. The van der Waals surface area contributed by atoms with Crippen molar-refractivity contribution < 1.29 is 8.42 Å². The van der Waals surface area contributed by atoms with Crippen LogP contribution >= 0.6 is 11.6 Å². The fourth-order valence-electron chi connectivity index (χ4n) is 2.51. The second-order valence-electron chi connectivity index (χ2n) is 6.08. The van der Waals surface area contributed by atoms with Gasteiger partial charge in [-0.05, 0) is 59.7 Å². The van der Waals surface area contributed by atoms with Gasteiger partial charge in [0.15, 0.2) is 0 Å². The van der Waals surface area contributed by atoms with E-state index in [1.165, 1.54) is 0 Å². The summed E-state index contributed by atoms with van der Waals surface area (Å²) in [7, 11) is 0.227. The van der Waals surface area contributed by atoms with Gasteiger partial charge < -0.3 is 4.90 Å². The van der Waals surface area contributed by atoms with Crippen LogP contribution in [0.25, 0.3) is 11.1 Å². The number of rotatable bonds is 5. The highest BCUT2D eigenvalue weighted by molar-refractivity contribution is 7.92. The Morgan fingerprint density at radius 2 is 1.27 bits per heavy atom. The third-order valence-corrected chi connectivity index (χ3v) is 5.63. The Morgan fingerprint density at radius 3 is 1.77 bits per heavy atom. The van der Waals surface area contributed by atoms with Crippen LogP contribution in [0.5, 0.6) is 0 Å². The fraction of sp³-hybridized carbons (Fsp3) is 0.100. The van der Waals surface area contributed by atoms with E-state index in [-0.39, 0.29) is 4.90 Å². The number of nitrogens with zero attached hydrogens (tertiary/aromatic N) is 1. The number of anilines is 2. The average Bonchev–Trinajstić information content (AvgIpc) is 2.62. The summed E-state index contributed by atoms with van der Waals surface area (Å²) in [6.45, 7) is 0.